The van der Waals surface area contributed by atoms with Crippen molar-refractivity contribution in [2.75, 3.05) is 13.9 Å². The van der Waals surface area contributed by atoms with Gasteiger partial charge >= 0.3 is 0 Å². The number of methoxy groups -OCH3 is 1. The molecule has 0 atom stereocenters. The first-order chi connectivity index (χ1) is 14.6. The van der Waals surface area contributed by atoms with Crippen LogP contribution in [-0.4, -0.2) is 19.8 Å². The first-order valence-electron chi connectivity index (χ1n) is 9.66. The van der Waals surface area contributed by atoms with E-state index in [1.165, 1.54) is 0 Å². The van der Waals surface area contributed by atoms with Crippen molar-refractivity contribution in [3.63, 3.8) is 0 Å². The minimum atomic E-state index is -0.174. The zero-order chi connectivity index (χ0) is 20.9. The van der Waals surface area contributed by atoms with E-state index in [1.807, 2.05) is 49.4 Å². The van der Waals surface area contributed by atoms with E-state index in [0.29, 0.717) is 30.2 Å². The van der Waals surface area contributed by atoms with Gasteiger partial charge in [0, 0.05) is 17.7 Å². The van der Waals surface area contributed by atoms with Crippen LogP contribution in [0.5, 0.6) is 23.0 Å². The van der Waals surface area contributed by atoms with Crippen LogP contribution in [0.1, 0.15) is 27.0 Å². The SMILES string of the molecule is COc1ccc(C(=O)NCc2ccc3c(c2)OCO3)cc1COc1ccccc1C. The molecule has 0 spiro atoms. The van der Waals surface area contributed by atoms with Crippen molar-refractivity contribution in [1.82, 2.24) is 5.32 Å². The molecule has 0 saturated heterocycles. The molecule has 0 radical (unpaired) electrons. The van der Waals surface area contributed by atoms with E-state index in [9.17, 15) is 4.79 Å². The molecular formula is C24H23NO5. The molecule has 4 rings (SSSR count). The van der Waals surface area contributed by atoms with Crippen molar-refractivity contribution in [2.24, 2.45) is 0 Å². The normalized spacial score (nSPS) is 11.8. The van der Waals surface area contributed by atoms with E-state index in [2.05, 4.69) is 5.32 Å². The average Bonchev–Trinajstić information content (AvgIpc) is 3.24. The van der Waals surface area contributed by atoms with E-state index >= 15 is 0 Å². The third-order valence-corrected chi connectivity index (χ3v) is 4.91. The van der Waals surface area contributed by atoms with Crippen molar-refractivity contribution in [3.05, 3.63) is 82.9 Å². The summed E-state index contributed by atoms with van der Waals surface area (Å²) in [6, 6.07) is 18.8. The van der Waals surface area contributed by atoms with E-state index in [-0.39, 0.29) is 12.7 Å². The summed E-state index contributed by atoms with van der Waals surface area (Å²) in [6.45, 7) is 2.91. The fraction of sp³-hybridized carbons (Fsp3) is 0.208. The second-order valence-electron chi connectivity index (χ2n) is 6.95. The maximum Gasteiger partial charge on any atom is 0.251 e. The summed E-state index contributed by atoms with van der Waals surface area (Å²) >= 11 is 0. The number of hydrogen-bond acceptors (Lipinski definition) is 5. The third kappa shape index (κ3) is 4.33. The van der Waals surface area contributed by atoms with E-state index in [4.69, 9.17) is 18.9 Å². The largest absolute Gasteiger partial charge is 0.496 e. The van der Waals surface area contributed by atoms with Gasteiger partial charge in [-0.3, -0.25) is 4.79 Å². The smallest absolute Gasteiger partial charge is 0.251 e. The van der Waals surface area contributed by atoms with Crippen LogP contribution in [0.3, 0.4) is 0 Å². The predicted octanol–water partition coefficient (Wildman–Crippen LogP) is 4.24. The molecular weight excluding hydrogens is 382 g/mol. The number of ether oxygens (including phenoxy) is 4. The van der Waals surface area contributed by atoms with Crippen molar-refractivity contribution in [2.45, 2.75) is 20.1 Å². The zero-order valence-electron chi connectivity index (χ0n) is 16.9. The lowest BCUT2D eigenvalue weighted by Crippen LogP contribution is -2.23. The number of amides is 1. The van der Waals surface area contributed by atoms with Crippen LogP contribution in [0.4, 0.5) is 0 Å². The summed E-state index contributed by atoms with van der Waals surface area (Å²) in [5, 5.41) is 2.94. The first-order valence-corrected chi connectivity index (χ1v) is 9.66. The van der Waals surface area contributed by atoms with Gasteiger partial charge in [0.2, 0.25) is 6.79 Å². The Morgan fingerprint density at radius 2 is 1.83 bits per heavy atom. The van der Waals surface area contributed by atoms with Gasteiger partial charge in [0.15, 0.2) is 11.5 Å². The molecule has 0 unspecified atom stereocenters. The second-order valence-corrected chi connectivity index (χ2v) is 6.95. The highest BCUT2D eigenvalue weighted by Crippen LogP contribution is 2.32. The van der Waals surface area contributed by atoms with Crippen LogP contribution >= 0.6 is 0 Å². The second kappa shape index (κ2) is 8.78. The molecule has 3 aromatic rings. The van der Waals surface area contributed by atoms with Crippen LogP contribution < -0.4 is 24.3 Å². The Balaban J connectivity index is 1.43. The fourth-order valence-electron chi connectivity index (χ4n) is 3.24. The maximum atomic E-state index is 12.7. The lowest BCUT2D eigenvalue weighted by molar-refractivity contribution is 0.0950. The number of rotatable bonds is 7. The van der Waals surface area contributed by atoms with Crippen LogP contribution in [0.25, 0.3) is 0 Å². The lowest BCUT2D eigenvalue weighted by atomic mass is 10.1. The molecule has 30 heavy (non-hydrogen) atoms. The Morgan fingerprint density at radius 1 is 1.00 bits per heavy atom. The first kappa shape index (κ1) is 19.6. The summed E-state index contributed by atoms with van der Waals surface area (Å²) in [6.07, 6.45) is 0. The fourth-order valence-corrected chi connectivity index (χ4v) is 3.24. The van der Waals surface area contributed by atoms with E-state index in [0.717, 1.165) is 28.2 Å². The molecule has 154 valence electrons. The van der Waals surface area contributed by atoms with Crippen LogP contribution in [0.2, 0.25) is 0 Å². The Labute approximate surface area is 175 Å². The van der Waals surface area contributed by atoms with Crippen molar-refractivity contribution < 1.29 is 23.7 Å². The Bertz CT molecular complexity index is 1060. The summed E-state index contributed by atoms with van der Waals surface area (Å²) < 4.78 is 22.1. The van der Waals surface area contributed by atoms with Gasteiger partial charge < -0.3 is 24.3 Å². The number of carbonyl (C=O) groups excluding carboxylic acids is 1. The molecule has 0 fully saturated rings. The minimum absolute atomic E-state index is 0.174. The number of fused-ring (bicyclic) bond motifs is 1. The topological polar surface area (TPSA) is 66.0 Å². The third-order valence-electron chi connectivity index (χ3n) is 4.91. The highest BCUT2D eigenvalue weighted by atomic mass is 16.7. The Morgan fingerprint density at radius 3 is 2.67 bits per heavy atom. The number of benzene rings is 3. The molecule has 0 aliphatic carbocycles. The number of para-hydroxylation sites is 1. The molecule has 6 heteroatoms. The van der Waals surface area contributed by atoms with Crippen molar-refractivity contribution in [3.8, 4) is 23.0 Å². The van der Waals surface area contributed by atoms with E-state index in [1.54, 1.807) is 25.3 Å². The summed E-state index contributed by atoms with van der Waals surface area (Å²) in [7, 11) is 1.60. The molecule has 0 aromatic heterocycles. The standard InChI is InChI=1S/C24H23NO5/c1-16-5-3-4-6-20(16)28-14-19-12-18(8-10-21(19)27-2)24(26)25-13-17-7-9-22-23(11-17)30-15-29-22/h3-12H,13-15H2,1-2H3,(H,25,26). The number of carbonyl (C=O) groups is 1. The lowest BCUT2D eigenvalue weighted by Gasteiger charge is -2.13. The predicted molar refractivity (Wildman–Crippen MR) is 112 cm³/mol. The van der Waals surface area contributed by atoms with Crippen LogP contribution in [0, 0.1) is 6.92 Å². The Hall–Kier alpha value is -3.67. The molecule has 3 aromatic carbocycles. The summed E-state index contributed by atoms with van der Waals surface area (Å²) in [5.74, 6) is 2.72. The van der Waals surface area contributed by atoms with Gasteiger partial charge in [-0.15, -0.1) is 0 Å². The molecule has 1 heterocycles. The van der Waals surface area contributed by atoms with Crippen LogP contribution in [-0.2, 0) is 13.2 Å². The van der Waals surface area contributed by atoms with Gasteiger partial charge in [-0.05, 0) is 54.4 Å². The summed E-state index contributed by atoms with van der Waals surface area (Å²) in [4.78, 5) is 12.7. The minimum Gasteiger partial charge on any atom is -0.496 e. The molecule has 1 amide bonds. The molecule has 1 N–H and O–H groups in total. The van der Waals surface area contributed by atoms with Gasteiger partial charge in [-0.2, -0.15) is 0 Å². The summed E-state index contributed by atoms with van der Waals surface area (Å²) in [5.41, 5.74) is 3.33. The maximum absolute atomic E-state index is 12.7. The number of hydrogen-bond donors (Lipinski definition) is 1. The highest BCUT2D eigenvalue weighted by Gasteiger charge is 2.15. The van der Waals surface area contributed by atoms with Gasteiger partial charge in [0.25, 0.3) is 5.91 Å². The van der Waals surface area contributed by atoms with Gasteiger partial charge in [-0.1, -0.05) is 24.3 Å². The number of nitrogens with one attached hydrogen (secondary N) is 1. The Kier molecular flexibility index (Phi) is 5.75. The van der Waals surface area contributed by atoms with Gasteiger partial charge in [0.05, 0.1) is 7.11 Å². The van der Waals surface area contributed by atoms with Gasteiger partial charge in [0.1, 0.15) is 18.1 Å². The molecule has 0 bridgehead atoms. The molecule has 1 aliphatic heterocycles. The van der Waals surface area contributed by atoms with Gasteiger partial charge in [-0.25, -0.2) is 0 Å². The molecule has 6 nitrogen and oxygen atoms in total. The monoisotopic (exact) mass is 405 g/mol. The molecule has 0 saturated carbocycles. The quantitative estimate of drug-likeness (QED) is 0.637. The average molecular weight is 405 g/mol. The van der Waals surface area contributed by atoms with Crippen molar-refractivity contribution >= 4 is 5.91 Å². The molecule has 1 aliphatic rings. The number of aryl methyl sites for hydroxylation is 1. The van der Waals surface area contributed by atoms with E-state index < -0.39 is 0 Å². The highest BCUT2D eigenvalue weighted by molar-refractivity contribution is 5.94. The zero-order valence-corrected chi connectivity index (χ0v) is 16.9. The van der Waals surface area contributed by atoms with Crippen LogP contribution in [0.15, 0.2) is 60.7 Å². The van der Waals surface area contributed by atoms with Crippen molar-refractivity contribution in [1.29, 1.82) is 0 Å².